The van der Waals surface area contributed by atoms with Crippen molar-refractivity contribution in [3.8, 4) is 0 Å². The summed E-state index contributed by atoms with van der Waals surface area (Å²) in [5.41, 5.74) is -1.48. The Morgan fingerprint density at radius 2 is 2.00 bits per heavy atom. The topological polar surface area (TPSA) is 17.8 Å². The Morgan fingerprint density at radius 3 is 2.52 bits per heavy atom. The number of aromatic nitrogens is 2. The number of imidazole rings is 1. The molecule has 1 aromatic heterocycles. The van der Waals surface area contributed by atoms with Gasteiger partial charge in [-0.05, 0) is 34.8 Å². The second-order valence-corrected chi connectivity index (χ2v) is 6.32. The summed E-state index contributed by atoms with van der Waals surface area (Å²) >= 11 is 8.69. The fourth-order valence-corrected chi connectivity index (χ4v) is 3.10. The molecule has 2 nitrogen and oxygen atoms in total. The van der Waals surface area contributed by atoms with Crippen LogP contribution in [0.15, 0.2) is 16.6 Å². The standard InChI is InChI=1S/C13H10BrClF4N2/c14-7-5-9-10(6-8(7)16)21(11(20-9)1-4-15)12(2-3-12)13(17,18)19/h5-6H,1-4H2. The van der Waals surface area contributed by atoms with Gasteiger partial charge in [0.1, 0.15) is 17.2 Å². The average molecular weight is 386 g/mol. The van der Waals surface area contributed by atoms with Gasteiger partial charge in [0.05, 0.1) is 15.5 Å². The van der Waals surface area contributed by atoms with E-state index in [4.69, 9.17) is 11.6 Å². The fourth-order valence-electron chi connectivity index (χ4n) is 2.60. The van der Waals surface area contributed by atoms with E-state index >= 15 is 0 Å². The molecule has 1 saturated carbocycles. The lowest BCUT2D eigenvalue weighted by molar-refractivity contribution is -0.179. The van der Waals surface area contributed by atoms with Crippen LogP contribution in [-0.2, 0) is 12.0 Å². The second-order valence-electron chi connectivity index (χ2n) is 5.09. The molecule has 114 valence electrons. The summed E-state index contributed by atoms with van der Waals surface area (Å²) in [5, 5.41) is 0. The molecule has 2 aromatic rings. The maximum atomic E-state index is 13.7. The van der Waals surface area contributed by atoms with Crippen molar-refractivity contribution >= 4 is 38.6 Å². The highest BCUT2D eigenvalue weighted by Gasteiger charge is 2.65. The largest absolute Gasteiger partial charge is 0.412 e. The van der Waals surface area contributed by atoms with Crippen molar-refractivity contribution in [2.24, 2.45) is 0 Å². The summed E-state index contributed by atoms with van der Waals surface area (Å²) in [7, 11) is 0. The van der Waals surface area contributed by atoms with Crippen molar-refractivity contribution in [2.45, 2.75) is 31.0 Å². The molecule has 0 radical (unpaired) electrons. The van der Waals surface area contributed by atoms with Gasteiger partial charge in [0, 0.05) is 18.4 Å². The van der Waals surface area contributed by atoms with E-state index < -0.39 is 17.5 Å². The molecular formula is C13H10BrClF4N2. The Balaban J connectivity index is 2.29. The summed E-state index contributed by atoms with van der Waals surface area (Å²) in [6, 6.07) is 2.49. The zero-order chi connectivity index (χ0) is 15.4. The van der Waals surface area contributed by atoms with Gasteiger partial charge in [-0.3, -0.25) is 0 Å². The molecule has 21 heavy (non-hydrogen) atoms. The van der Waals surface area contributed by atoms with Gasteiger partial charge >= 0.3 is 6.18 Å². The summed E-state index contributed by atoms with van der Waals surface area (Å²) in [6.07, 6.45) is -4.23. The lowest BCUT2D eigenvalue weighted by Gasteiger charge is -2.23. The lowest BCUT2D eigenvalue weighted by atomic mass is 10.2. The van der Waals surface area contributed by atoms with Crippen LogP contribution < -0.4 is 0 Å². The Morgan fingerprint density at radius 1 is 1.33 bits per heavy atom. The molecular weight excluding hydrogens is 376 g/mol. The minimum absolute atomic E-state index is 0.0189. The number of rotatable bonds is 3. The van der Waals surface area contributed by atoms with Crippen LogP contribution in [0.4, 0.5) is 17.6 Å². The van der Waals surface area contributed by atoms with Crippen molar-refractivity contribution in [3.63, 3.8) is 0 Å². The summed E-state index contributed by atoms with van der Waals surface area (Å²) in [5.74, 6) is -0.215. The molecule has 0 unspecified atom stereocenters. The molecule has 1 heterocycles. The maximum Gasteiger partial charge on any atom is 0.412 e. The van der Waals surface area contributed by atoms with Gasteiger partial charge in [-0.25, -0.2) is 9.37 Å². The summed E-state index contributed by atoms with van der Waals surface area (Å²) in [6.45, 7) is 0. The first kappa shape index (κ1) is 15.1. The minimum atomic E-state index is -4.40. The van der Waals surface area contributed by atoms with E-state index in [0.717, 1.165) is 10.6 Å². The van der Waals surface area contributed by atoms with Crippen LogP contribution in [-0.4, -0.2) is 21.6 Å². The molecule has 0 saturated heterocycles. The summed E-state index contributed by atoms with van der Waals surface area (Å²) in [4.78, 5) is 4.21. The first-order valence-corrected chi connectivity index (χ1v) is 7.62. The van der Waals surface area contributed by atoms with Gasteiger partial charge in [-0.2, -0.15) is 13.2 Å². The van der Waals surface area contributed by atoms with Gasteiger partial charge in [-0.15, -0.1) is 11.6 Å². The van der Waals surface area contributed by atoms with Crippen LogP contribution in [0.25, 0.3) is 11.0 Å². The van der Waals surface area contributed by atoms with Crippen LogP contribution >= 0.6 is 27.5 Å². The average Bonchev–Trinajstić information content (AvgIpc) is 3.11. The van der Waals surface area contributed by atoms with Crippen LogP contribution in [0.3, 0.4) is 0 Å². The Bertz CT molecular complexity index is 706. The molecule has 0 spiro atoms. The van der Waals surface area contributed by atoms with E-state index in [1.54, 1.807) is 0 Å². The smallest absolute Gasteiger partial charge is 0.312 e. The highest BCUT2D eigenvalue weighted by molar-refractivity contribution is 9.10. The molecule has 0 N–H and O–H groups in total. The van der Waals surface area contributed by atoms with Crippen molar-refractivity contribution < 1.29 is 17.6 Å². The molecule has 1 aliphatic rings. The number of fused-ring (bicyclic) bond motifs is 1. The third-order valence-electron chi connectivity index (χ3n) is 3.76. The number of alkyl halides is 4. The van der Waals surface area contributed by atoms with Gasteiger partial charge < -0.3 is 4.57 Å². The Hall–Kier alpha value is -0.820. The normalized spacial score (nSPS) is 17.4. The fraction of sp³-hybridized carbons (Fsp3) is 0.462. The van der Waals surface area contributed by atoms with E-state index in [-0.39, 0.29) is 41.0 Å². The monoisotopic (exact) mass is 384 g/mol. The quantitative estimate of drug-likeness (QED) is 0.550. The number of nitrogens with zero attached hydrogens (tertiary/aromatic N) is 2. The van der Waals surface area contributed by atoms with Crippen molar-refractivity contribution in [1.82, 2.24) is 9.55 Å². The number of hydrogen-bond acceptors (Lipinski definition) is 1. The molecule has 3 rings (SSSR count). The third kappa shape index (κ3) is 2.25. The van der Waals surface area contributed by atoms with Crippen LogP contribution in [0.5, 0.6) is 0 Å². The van der Waals surface area contributed by atoms with E-state index in [0.29, 0.717) is 5.52 Å². The number of hydrogen-bond donors (Lipinski definition) is 0. The Labute approximate surface area is 131 Å². The second kappa shape index (κ2) is 4.84. The lowest BCUT2D eigenvalue weighted by Crippen LogP contribution is -2.36. The van der Waals surface area contributed by atoms with Crippen molar-refractivity contribution in [1.29, 1.82) is 0 Å². The zero-order valence-corrected chi connectivity index (χ0v) is 13.0. The van der Waals surface area contributed by atoms with Crippen LogP contribution in [0.1, 0.15) is 18.7 Å². The first-order valence-electron chi connectivity index (χ1n) is 6.30. The molecule has 0 amide bonds. The van der Waals surface area contributed by atoms with Gasteiger partial charge in [0.25, 0.3) is 0 Å². The van der Waals surface area contributed by atoms with E-state index in [1.807, 2.05) is 0 Å². The number of benzene rings is 1. The van der Waals surface area contributed by atoms with Crippen molar-refractivity contribution in [2.75, 3.05) is 5.88 Å². The molecule has 1 aromatic carbocycles. The van der Waals surface area contributed by atoms with Crippen LogP contribution in [0, 0.1) is 5.82 Å². The molecule has 1 aliphatic carbocycles. The molecule has 0 aliphatic heterocycles. The molecule has 1 fully saturated rings. The van der Waals surface area contributed by atoms with E-state index in [9.17, 15) is 17.6 Å². The van der Waals surface area contributed by atoms with Crippen molar-refractivity contribution in [3.05, 3.63) is 28.2 Å². The molecule has 0 atom stereocenters. The predicted molar refractivity (Wildman–Crippen MR) is 75.1 cm³/mol. The molecule has 0 bridgehead atoms. The SMILES string of the molecule is Fc1cc2c(cc1Br)nc(CCCl)n2C1(C(F)(F)F)CC1. The van der Waals surface area contributed by atoms with E-state index in [1.165, 1.54) is 6.07 Å². The summed E-state index contributed by atoms with van der Waals surface area (Å²) < 4.78 is 55.2. The maximum absolute atomic E-state index is 13.7. The molecule has 8 heteroatoms. The van der Waals surface area contributed by atoms with E-state index in [2.05, 4.69) is 20.9 Å². The van der Waals surface area contributed by atoms with Gasteiger partial charge in [0.2, 0.25) is 0 Å². The third-order valence-corrected chi connectivity index (χ3v) is 4.56. The number of aryl methyl sites for hydroxylation is 1. The Kier molecular flexibility index (Phi) is 3.48. The van der Waals surface area contributed by atoms with Crippen LogP contribution in [0.2, 0.25) is 0 Å². The zero-order valence-electron chi connectivity index (χ0n) is 10.6. The highest BCUT2D eigenvalue weighted by Crippen LogP contribution is 2.57. The minimum Gasteiger partial charge on any atom is -0.312 e. The highest BCUT2D eigenvalue weighted by atomic mass is 79.9. The van der Waals surface area contributed by atoms with Gasteiger partial charge in [-0.1, -0.05) is 0 Å². The number of halogens is 6. The van der Waals surface area contributed by atoms with Gasteiger partial charge in [0.15, 0.2) is 0 Å². The first-order chi connectivity index (χ1) is 9.80. The predicted octanol–water partition coefficient (Wildman–Crippen LogP) is 4.77.